The van der Waals surface area contributed by atoms with Gasteiger partial charge in [-0.1, -0.05) is 19.9 Å². The second-order valence-corrected chi connectivity index (χ2v) is 4.32. The molecule has 0 amide bonds. The van der Waals surface area contributed by atoms with Crippen LogP contribution in [-0.2, 0) is 12.8 Å². The number of pyridine rings is 2. The molecule has 2 aromatic rings. The standard InChI is InChI=1S/2C8H11N/c1-3-8-4-5-9-7(2)6-8;1-3-8-5-4-7(2)9-6-8/h2*4-6H,3H2,1-2H3. The van der Waals surface area contributed by atoms with Crippen molar-refractivity contribution < 1.29 is 0 Å². The summed E-state index contributed by atoms with van der Waals surface area (Å²) in [7, 11) is 0. The number of aryl methyl sites for hydroxylation is 4. The van der Waals surface area contributed by atoms with Crippen molar-refractivity contribution in [3.05, 3.63) is 59.2 Å². The van der Waals surface area contributed by atoms with Gasteiger partial charge in [0.1, 0.15) is 0 Å². The van der Waals surface area contributed by atoms with Crippen molar-refractivity contribution in [2.24, 2.45) is 0 Å². The minimum atomic E-state index is 1.08. The average Bonchev–Trinajstić information content (AvgIpc) is 2.40. The molecule has 0 saturated carbocycles. The lowest BCUT2D eigenvalue weighted by molar-refractivity contribution is 1.08. The highest BCUT2D eigenvalue weighted by Gasteiger charge is 1.87. The third kappa shape index (κ3) is 5.09. The van der Waals surface area contributed by atoms with Crippen LogP contribution in [0.25, 0.3) is 0 Å². The predicted octanol–water partition coefficient (Wildman–Crippen LogP) is 3.90. The Bertz CT molecular complexity index is 461. The van der Waals surface area contributed by atoms with Crippen molar-refractivity contribution in [1.29, 1.82) is 0 Å². The Kier molecular flexibility index (Phi) is 6.06. The molecule has 0 aliphatic rings. The Morgan fingerprint density at radius 2 is 1.56 bits per heavy atom. The third-order valence-corrected chi connectivity index (χ3v) is 2.75. The Morgan fingerprint density at radius 3 is 2.00 bits per heavy atom. The highest BCUT2D eigenvalue weighted by molar-refractivity contribution is 5.14. The molecule has 96 valence electrons. The average molecular weight is 242 g/mol. The highest BCUT2D eigenvalue weighted by atomic mass is 14.7. The fourth-order valence-electron chi connectivity index (χ4n) is 1.53. The first kappa shape index (κ1) is 14.4. The van der Waals surface area contributed by atoms with E-state index < -0.39 is 0 Å². The Labute approximate surface area is 110 Å². The number of rotatable bonds is 2. The largest absolute Gasteiger partial charge is 0.262 e. The fraction of sp³-hybridized carbons (Fsp3) is 0.375. The van der Waals surface area contributed by atoms with Crippen LogP contribution in [-0.4, -0.2) is 9.97 Å². The molecular formula is C16H22N2. The van der Waals surface area contributed by atoms with Gasteiger partial charge in [-0.05, 0) is 56.0 Å². The quantitative estimate of drug-likeness (QED) is 0.798. The van der Waals surface area contributed by atoms with Crippen molar-refractivity contribution in [3.8, 4) is 0 Å². The maximum atomic E-state index is 4.15. The van der Waals surface area contributed by atoms with Gasteiger partial charge in [0.25, 0.3) is 0 Å². The van der Waals surface area contributed by atoms with Crippen LogP contribution in [0.2, 0.25) is 0 Å². The first-order chi connectivity index (χ1) is 8.65. The summed E-state index contributed by atoms with van der Waals surface area (Å²) in [5, 5.41) is 0. The lowest BCUT2D eigenvalue weighted by Gasteiger charge is -1.94. The van der Waals surface area contributed by atoms with Crippen LogP contribution in [0.4, 0.5) is 0 Å². The molecule has 0 unspecified atom stereocenters. The lowest BCUT2D eigenvalue weighted by Crippen LogP contribution is -1.83. The van der Waals surface area contributed by atoms with Crippen LogP contribution < -0.4 is 0 Å². The summed E-state index contributed by atoms with van der Waals surface area (Å²) in [6.07, 6.45) is 5.96. The van der Waals surface area contributed by atoms with Crippen LogP contribution in [0.1, 0.15) is 36.4 Å². The van der Waals surface area contributed by atoms with E-state index in [4.69, 9.17) is 0 Å². The van der Waals surface area contributed by atoms with Crippen molar-refractivity contribution in [2.75, 3.05) is 0 Å². The molecule has 2 nitrogen and oxygen atoms in total. The summed E-state index contributed by atoms with van der Waals surface area (Å²) in [6.45, 7) is 8.29. The van der Waals surface area contributed by atoms with E-state index >= 15 is 0 Å². The van der Waals surface area contributed by atoms with E-state index in [9.17, 15) is 0 Å². The van der Waals surface area contributed by atoms with Gasteiger partial charge in [0.2, 0.25) is 0 Å². The molecule has 0 bridgehead atoms. The summed E-state index contributed by atoms with van der Waals surface area (Å²) in [5.74, 6) is 0. The molecule has 0 aliphatic carbocycles. The first-order valence-electron chi connectivity index (χ1n) is 6.48. The van der Waals surface area contributed by atoms with E-state index in [1.54, 1.807) is 0 Å². The van der Waals surface area contributed by atoms with Crippen LogP contribution >= 0.6 is 0 Å². The molecule has 0 atom stereocenters. The maximum absolute atomic E-state index is 4.15. The van der Waals surface area contributed by atoms with E-state index in [0.29, 0.717) is 0 Å². The van der Waals surface area contributed by atoms with Crippen LogP contribution in [0.15, 0.2) is 36.7 Å². The second-order valence-electron chi connectivity index (χ2n) is 4.32. The third-order valence-electron chi connectivity index (χ3n) is 2.75. The van der Waals surface area contributed by atoms with Crippen LogP contribution in [0, 0.1) is 13.8 Å². The van der Waals surface area contributed by atoms with Crippen molar-refractivity contribution in [3.63, 3.8) is 0 Å². The van der Waals surface area contributed by atoms with Crippen LogP contribution in [0.3, 0.4) is 0 Å². The molecule has 0 N–H and O–H groups in total. The second kappa shape index (κ2) is 7.59. The summed E-state index contributed by atoms with van der Waals surface area (Å²) in [5.41, 5.74) is 4.87. The van der Waals surface area contributed by atoms with Gasteiger partial charge in [0.15, 0.2) is 0 Å². The molecule has 2 heteroatoms. The van der Waals surface area contributed by atoms with Gasteiger partial charge in [0.05, 0.1) is 0 Å². The fourth-order valence-corrected chi connectivity index (χ4v) is 1.53. The van der Waals surface area contributed by atoms with Gasteiger partial charge in [-0.2, -0.15) is 0 Å². The minimum Gasteiger partial charge on any atom is -0.262 e. The number of hydrogen-bond donors (Lipinski definition) is 0. The minimum absolute atomic E-state index is 1.08. The van der Waals surface area contributed by atoms with E-state index in [1.165, 1.54) is 11.1 Å². The van der Waals surface area contributed by atoms with E-state index in [0.717, 1.165) is 24.2 Å². The highest BCUT2D eigenvalue weighted by Crippen LogP contribution is 2.00. The molecule has 18 heavy (non-hydrogen) atoms. The zero-order chi connectivity index (χ0) is 13.4. The van der Waals surface area contributed by atoms with Gasteiger partial charge < -0.3 is 0 Å². The molecule has 0 radical (unpaired) electrons. The van der Waals surface area contributed by atoms with Crippen molar-refractivity contribution >= 4 is 0 Å². The monoisotopic (exact) mass is 242 g/mol. The summed E-state index contributed by atoms with van der Waals surface area (Å²) < 4.78 is 0. The van der Waals surface area contributed by atoms with Crippen molar-refractivity contribution in [2.45, 2.75) is 40.5 Å². The van der Waals surface area contributed by atoms with Gasteiger partial charge in [-0.3, -0.25) is 9.97 Å². The Morgan fingerprint density at radius 1 is 0.833 bits per heavy atom. The van der Waals surface area contributed by atoms with Crippen molar-refractivity contribution in [1.82, 2.24) is 9.97 Å². The molecule has 0 aromatic carbocycles. The summed E-state index contributed by atoms with van der Waals surface area (Å²) in [4.78, 5) is 8.24. The smallest absolute Gasteiger partial charge is 0.0375 e. The van der Waals surface area contributed by atoms with Gasteiger partial charge in [0, 0.05) is 23.8 Å². The SMILES string of the molecule is CCc1ccc(C)nc1.CCc1ccnc(C)c1. The maximum Gasteiger partial charge on any atom is 0.0375 e. The zero-order valence-corrected chi connectivity index (χ0v) is 11.8. The Hall–Kier alpha value is -1.70. The van der Waals surface area contributed by atoms with E-state index in [2.05, 4.69) is 35.9 Å². The molecular weight excluding hydrogens is 220 g/mol. The molecule has 0 saturated heterocycles. The van der Waals surface area contributed by atoms with Crippen LogP contribution in [0.5, 0.6) is 0 Å². The zero-order valence-electron chi connectivity index (χ0n) is 11.8. The molecule has 0 spiro atoms. The van der Waals surface area contributed by atoms with Gasteiger partial charge >= 0.3 is 0 Å². The molecule has 0 fully saturated rings. The summed E-state index contributed by atoms with van der Waals surface area (Å²) in [6, 6.07) is 8.31. The predicted molar refractivity (Wildman–Crippen MR) is 76.7 cm³/mol. The molecule has 0 aliphatic heterocycles. The van der Waals surface area contributed by atoms with Gasteiger partial charge in [-0.15, -0.1) is 0 Å². The van der Waals surface area contributed by atoms with Gasteiger partial charge in [-0.25, -0.2) is 0 Å². The molecule has 2 heterocycles. The number of hydrogen-bond acceptors (Lipinski definition) is 2. The summed E-state index contributed by atoms with van der Waals surface area (Å²) >= 11 is 0. The van der Waals surface area contributed by atoms with E-state index in [1.807, 2.05) is 38.4 Å². The van der Waals surface area contributed by atoms with E-state index in [-0.39, 0.29) is 0 Å². The normalized spacial score (nSPS) is 9.56. The lowest BCUT2D eigenvalue weighted by atomic mass is 10.2. The molecule has 2 aromatic heterocycles. The number of aromatic nitrogens is 2. The Balaban J connectivity index is 0.000000180. The topological polar surface area (TPSA) is 25.8 Å². The first-order valence-corrected chi connectivity index (χ1v) is 6.48. The molecule has 2 rings (SSSR count). The number of nitrogens with zero attached hydrogens (tertiary/aromatic N) is 2.